The third kappa shape index (κ3) is 13.3. The quantitative estimate of drug-likeness (QED) is 0.105. The van der Waals surface area contributed by atoms with E-state index in [2.05, 4.69) is 10.3 Å². The molecule has 4 fully saturated rings. The van der Waals surface area contributed by atoms with Gasteiger partial charge >= 0.3 is 5.97 Å². The number of carbonyl (C=O) groups excluding carboxylic acids is 2. The van der Waals surface area contributed by atoms with Crippen molar-refractivity contribution in [2.24, 2.45) is 45.4 Å². The lowest BCUT2D eigenvalue weighted by molar-refractivity contribution is -0.148. The minimum atomic E-state index is -0.685. The number of methoxy groups -OCH3 is 1. The smallest absolute Gasteiger partial charge is 0.302 e. The molecule has 0 radical (unpaired) electrons. The Morgan fingerprint density at radius 3 is 2.59 bits per heavy atom. The summed E-state index contributed by atoms with van der Waals surface area (Å²) >= 11 is 0. The van der Waals surface area contributed by atoms with E-state index in [0.717, 1.165) is 82.3 Å². The third-order valence-corrected chi connectivity index (χ3v) is 13.7. The van der Waals surface area contributed by atoms with Crippen LogP contribution < -0.4 is 22.5 Å². The molecular weight excluding hydrogens is 665 g/mol. The second-order valence-corrected chi connectivity index (χ2v) is 18.0. The van der Waals surface area contributed by atoms with Crippen LogP contribution in [-0.2, 0) is 19.1 Å². The van der Waals surface area contributed by atoms with Crippen LogP contribution >= 0.6 is 21.6 Å². The first-order valence-corrected chi connectivity index (χ1v) is 21.1. The zero-order valence-electron chi connectivity index (χ0n) is 29.8. The standard InChI is InChI=1S/C35H64N6O6S2/c1-23(42)47-29-9-8-24-13-26(33(45)30(14-24)46-2)20-41-22-35(19-32(41)44,17-25-10-11-39-31(36)15-25)18-27(40-34(37)38)21-49-48-12-6-4-3-5-7-28(43)16-29/h24-31,33,39,43,45H,3-22,36H2,1-2H3,(H4,37,38,40). The molecule has 10 unspecified atom stereocenters. The first-order valence-electron chi connectivity index (χ1n) is 18.6. The largest absolute Gasteiger partial charge is 0.462 e. The number of nitrogens with two attached hydrogens (primary N) is 3. The summed E-state index contributed by atoms with van der Waals surface area (Å²) in [6.07, 6.45) is 10.2. The number of carbonyl (C=O) groups is 2. The highest BCUT2D eigenvalue weighted by molar-refractivity contribution is 8.76. The molecule has 3 heterocycles. The Bertz CT molecular complexity index is 1070. The van der Waals surface area contributed by atoms with Crippen LogP contribution in [0.1, 0.15) is 103 Å². The fourth-order valence-electron chi connectivity index (χ4n) is 8.94. The molecule has 4 bridgehead atoms. The molecule has 0 aromatic rings. The van der Waals surface area contributed by atoms with Gasteiger partial charge in [-0.05, 0) is 88.0 Å². The van der Waals surface area contributed by atoms with E-state index >= 15 is 0 Å². The van der Waals surface area contributed by atoms with E-state index in [0.29, 0.717) is 51.1 Å². The molecule has 14 heteroatoms. The molecule has 0 spiro atoms. The fourth-order valence-corrected chi connectivity index (χ4v) is 11.3. The maximum Gasteiger partial charge on any atom is 0.302 e. The van der Waals surface area contributed by atoms with Crippen LogP contribution in [0.3, 0.4) is 0 Å². The van der Waals surface area contributed by atoms with Crippen molar-refractivity contribution >= 4 is 39.4 Å². The lowest BCUT2D eigenvalue weighted by Crippen LogP contribution is -2.48. The monoisotopic (exact) mass is 728 g/mol. The molecule has 10 atom stereocenters. The zero-order valence-corrected chi connectivity index (χ0v) is 31.4. The topological polar surface area (TPSA) is 199 Å². The van der Waals surface area contributed by atoms with E-state index in [4.69, 9.17) is 26.7 Å². The van der Waals surface area contributed by atoms with E-state index in [1.54, 1.807) is 17.9 Å². The second-order valence-electron chi connectivity index (χ2n) is 15.4. The number of aliphatic hydroxyl groups excluding tert-OH is 2. The van der Waals surface area contributed by atoms with E-state index in [9.17, 15) is 19.8 Å². The number of esters is 1. The Morgan fingerprint density at radius 1 is 1.06 bits per heavy atom. The summed E-state index contributed by atoms with van der Waals surface area (Å²) in [6, 6.07) is -0.110. The molecule has 3 saturated heterocycles. The van der Waals surface area contributed by atoms with Gasteiger partial charge in [-0.15, -0.1) is 0 Å². The van der Waals surface area contributed by atoms with Gasteiger partial charge < -0.3 is 47.1 Å². The maximum absolute atomic E-state index is 13.9. The number of nitrogens with one attached hydrogen (secondary N) is 1. The minimum Gasteiger partial charge on any atom is -0.462 e. The van der Waals surface area contributed by atoms with Crippen molar-refractivity contribution < 1.29 is 29.3 Å². The fraction of sp³-hybridized carbons (Fsp3) is 0.914. The molecule has 282 valence electrons. The van der Waals surface area contributed by atoms with Crippen LogP contribution in [0.4, 0.5) is 0 Å². The van der Waals surface area contributed by atoms with Crippen molar-refractivity contribution in [3.8, 4) is 0 Å². The summed E-state index contributed by atoms with van der Waals surface area (Å²) in [5.74, 6) is 2.14. The van der Waals surface area contributed by atoms with Crippen LogP contribution in [-0.4, -0.2) is 108 Å². The van der Waals surface area contributed by atoms with Crippen molar-refractivity contribution in [3.63, 3.8) is 0 Å². The van der Waals surface area contributed by atoms with E-state index < -0.39 is 12.2 Å². The molecule has 1 saturated carbocycles. The summed E-state index contributed by atoms with van der Waals surface area (Å²) in [7, 11) is 5.27. The molecule has 3 aliphatic heterocycles. The Morgan fingerprint density at radius 2 is 1.86 bits per heavy atom. The van der Waals surface area contributed by atoms with Gasteiger partial charge in [-0.2, -0.15) is 0 Å². The molecule has 4 rings (SSSR count). The van der Waals surface area contributed by atoms with Crippen LogP contribution in [0.5, 0.6) is 0 Å². The molecule has 1 amide bonds. The predicted octanol–water partition coefficient (Wildman–Crippen LogP) is 3.12. The van der Waals surface area contributed by atoms with Gasteiger partial charge in [-0.1, -0.05) is 40.9 Å². The average Bonchev–Trinajstić information content (AvgIpc) is 3.32. The molecular formula is C35H64N6O6S2. The average molecular weight is 729 g/mol. The van der Waals surface area contributed by atoms with E-state index in [1.165, 1.54) is 6.92 Å². The van der Waals surface area contributed by atoms with Crippen molar-refractivity contribution in [2.45, 2.75) is 140 Å². The number of guanidine groups is 1. The lowest BCUT2D eigenvalue weighted by Gasteiger charge is -2.41. The van der Waals surface area contributed by atoms with Crippen molar-refractivity contribution in [1.82, 2.24) is 10.2 Å². The lowest BCUT2D eigenvalue weighted by atomic mass is 9.71. The highest BCUT2D eigenvalue weighted by Gasteiger charge is 2.48. The number of ether oxygens (including phenoxy) is 2. The summed E-state index contributed by atoms with van der Waals surface area (Å²) in [5.41, 5.74) is 17.9. The van der Waals surface area contributed by atoms with Crippen molar-refractivity contribution in [2.75, 3.05) is 38.2 Å². The predicted molar refractivity (Wildman–Crippen MR) is 198 cm³/mol. The summed E-state index contributed by atoms with van der Waals surface area (Å²) in [6.45, 7) is 3.37. The van der Waals surface area contributed by atoms with Crippen molar-refractivity contribution in [3.05, 3.63) is 0 Å². The number of piperidine rings is 1. The highest BCUT2D eigenvalue weighted by atomic mass is 33.1. The van der Waals surface area contributed by atoms with Crippen LogP contribution in [0, 0.1) is 23.2 Å². The summed E-state index contributed by atoms with van der Waals surface area (Å²) < 4.78 is 11.5. The first-order chi connectivity index (χ1) is 23.4. The number of nitrogens with zero attached hydrogens (tertiary/aromatic N) is 2. The van der Waals surface area contributed by atoms with E-state index in [-0.39, 0.29) is 59.5 Å². The summed E-state index contributed by atoms with van der Waals surface area (Å²) in [4.78, 5) is 32.5. The number of aliphatic imine (C=N–C) groups is 1. The first kappa shape index (κ1) is 40.5. The van der Waals surface area contributed by atoms with Gasteiger partial charge in [0.25, 0.3) is 0 Å². The molecule has 12 nitrogen and oxygen atoms in total. The Hall–Kier alpha value is -1.29. The van der Waals surface area contributed by atoms with Gasteiger partial charge in [0.15, 0.2) is 5.96 Å². The molecule has 4 aliphatic rings. The van der Waals surface area contributed by atoms with Gasteiger partial charge in [0, 0.05) is 57.4 Å². The van der Waals surface area contributed by atoms with Gasteiger partial charge in [-0.3, -0.25) is 9.59 Å². The SMILES string of the molecule is COC1CC2CCC(OC(C)=O)CC(O)CCCCCCSSCC(N=C(N)N)CC3(CC4CCNC(N)C4)CC(=O)N(CC(C2)C1O)C3. The van der Waals surface area contributed by atoms with E-state index in [1.807, 2.05) is 15.7 Å². The molecule has 0 aromatic heterocycles. The molecule has 0 aromatic carbocycles. The number of aliphatic hydroxyl groups is 2. The number of hydrogen-bond donors (Lipinski definition) is 6. The summed E-state index contributed by atoms with van der Waals surface area (Å²) in [5, 5.41) is 25.6. The Labute approximate surface area is 301 Å². The van der Waals surface area contributed by atoms with Gasteiger partial charge in [0.1, 0.15) is 6.10 Å². The highest BCUT2D eigenvalue weighted by Crippen LogP contribution is 2.46. The van der Waals surface area contributed by atoms with Crippen LogP contribution in [0.2, 0.25) is 0 Å². The third-order valence-electron chi connectivity index (χ3n) is 11.1. The van der Waals surface area contributed by atoms with Crippen LogP contribution in [0.15, 0.2) is 4.99 Å². The van der Waals surface area contributed by atoms with Crippen LogP contribution in [0.25, 0.3) is 0 Å². The second kappa shape index (κ2) is 20.1. The molecule has 49 heavy (non-hydrogen) atoms. The molecule has 9 N–H and O–H groups in total. The van der Waals surface area contributed by atoms with Gasteiger partial charge in [0.2, 0.25) is 5.91 Å². The van der Waals surface area contributed by atoms with Crippen molar-refractivity contribution in [1.29, 1.82) is 0 Å². The number of amides is 1. The number of fused-ring (bicyclic) bond motifs is 4. The Balaban J connectivity index is 1.56. The Kier molecular flexibility index (Phi) is 16.6. The van der Waals surface area contributed by atoms with Gasteiger partial charge in [0.05, 0.1) is 30.5 Å². The van der Waals surface area contributed by atoms with Gasteiger partial charge in [-0.25, -0.2) is 4.99 Å². The minimum absolute atomic E-state index is 0.0434. The number of rotatable bonds is 5. The maximum atomic E-state index is 13.9. The zero-order chi connectivity index (χ0) is 35.4. The number of hydrogen-bond acceptors (Lipinski definition) is 11. The normalized spacial score (nSPS) is 38.0. The molecule has 1 aliphatic carbocycles.